The number of hydrogen-bond acceptors (Lipinski definition) is 4. The number of ketones is 1. The Hall–Kier alpha value is -0.450. The minimum atomic E-state index is 0. The maximum absolute atomic E-state index is 11.5. The summed E-state index contributed by atoms with van der Waals surface area (Å²) in [4.78, 5) is 16.9. The van der Waals surface area contributed by atoms with Gasteiger partial charge in [-0.1, -0.05) is 0 Å². The number of carbonyl (C=O) groups excluding carboxylic acids is 1. The number of nitrogens with zero attached hydrogens (tertiary/aromatic N) is 1. The van der Waals surface area contributed by atoms with Gasteiger partial charge in [0.25, 0.3) is 0 Å². The average Bonchev–Trinajstić information content (AvgIpc) is 2.59. The molecule has 15 heavy (non-hydrogen) atoms. The van der Waals surface area contributed by atoms with Crippen LogP contribution in [0.1, 0.15) is 33.2 Å². The van der Waals surface area contributed by atoms with Crippen molar-refractivity contribution in [2.45, 2.75) is 25.7 Å². The van der Waals surface area contributed by atoms with Gasteiger partial charge in [0, 0.05) is 19.4 Å². The van der Waals surface area contributed by atoms with Crippen molar-refractivity contribution in [3.63, 3.8) is 0 Å². The van der Waals surface area contributed by atoms with Gasteiger partial charge in [-0.2, -0.15) is 0 Å². The molecule has 2 rings (SSSR count). The smallest absolute Gasteiger partial charge is 0.174 e. The molecule has 5 heteroatoms. The normalized spacial score (nSPS) is 14.6. The maximum Gasteiger partial charge on any atom is 0.174 e. The standard InChI is InChI=1S/C10H14N2OS.ClH/c1-11-6-5-9-12-7-3-2-4-8(13)10(7)14-9;/h11H,2-6H2,1H3;1H. The van der Waals surface area contributed by atoms with Gasteiger partial charge in [-0.3, -0.25) is 4.79 Å². The fraction of sp³-hybridized carbons (Fsp3) is 0.600. The van der Waals surface area contributed by atoms with Crippen molar-refractivity contribution in [1.82, 2.24) is 10.3 Å². The number of rotatable bonds is 3. The summed E-state index contributed by atoms with van der Waals surface area (Å²) in [5, 5.41) is 4.19. The van der Waals surface area contributed by atoms with Crippen LogP contribution in [0, 0.1) is 0 Å². The minimum absolute atomic E-state index is 0. The Morgan fingerprint density at radius 1 is 1.47 bits per heavy atom. The Balaban J connectivity index is 0.00000112. The van der Waals surface area contributed by atoms with E-state index in [1.165, 1.54) is 0 Å². The van der Waals surface area contributed by atoms with Crippen molar-refractivity contribution in [3.8, 4) is 0 Å². The highest BCUT2D eigenvalue weighted by molar-refractivity contribution is 7.13. The number of carbonyl (C=O) groups is 1. The number of Topliss-reactive ketones (excluding diaryl/α,β-unsaturated/α-hetero) is 1. The van der Waals surface area contributed by atoms with Crippen molar-refractivity contribution in [2.24, 2.45) is 0 Å². The Bertz CT molecular complexity index is 351. The molecule has 0 aromatic carbocycles. The number of aromatic nitrogens is 1. The van der Waals surface area contributed by atoms with Gasteiger partial charge in [0.2, 0.25) is 0 Å². The first-order valence-electron chi connectivity index (χ1n) is 4.97. The molecule has 0 atom stereocenters. The summed E-state index contributed by atoms with van der Waals surface area (Å²) in [5.41, 5.74) is 1.04. The lowest BCUT2D eigenvalue weighted by atomic mass is 10.0. The fourth-order valence-electron chi connectivity index (χ4n) is 1.66. The van der Waals surface area contributed by atoms with Gasteiger partial charge in [-0.15, -0.1) is 23.7 Å². The molecule has 0 fully saturated rings. The molecule has 0 radical (unpaired) electrons. The highest BCUT2D eigenvalue weighted by Crippen LogP contribution is 2.26. The van der Waals surface area contributed by atoms with Gasteiger partial charge in [0.05, 0.1) is 15.6 Å². The molecule has 1 aliphatic carbocycles. The van der Waals surface area contributed by atoms with E-state index in [2.05, 4.69) is 10.3 Å². The Morgan fingerprint density at radius 3 is 2.93 bits per heavy atom. The number of thiazole rings is 1. The largest absolute Gasteiger partial charge is 0.319 e. The van der Waals surface area contributed by atoms with Crippen LogP contribution in [0.2, 0.25) is 0 Å². The van der Waals surface area contributed by atoms with Gasteiger partial charge in [-0.05, 0) is 19.9 Å². The topological polar surface area (TPSA) is 42.0 Å². The quantitative estimate of drug-likeness (QED) is 0.885. The highest BCUT2D eigenvalue weighted by Gasteiger charge is 2.21. The van der Waals surface area contributed by atoms with Crippen LogP contribution in [0.4, 0.5) is 0 Å². The molecule has 1 aliphatic rings. The zero-order valence-electron chi connectivity index (χ0n) is 8.71. The van der Waals surface area contributed by atoms with E-state index in [0.29, 0.717) is 12.2 Å². The third-order valence-electron chi connectivity index (χ3n) is 2.40. The molecule has 1 aromatic rings. The monoisotopic (exact) mass is 246 g/mol. The summed E-state index contributed by atoms with van der Waals surface area (Å²) in [6, 6.07) is 0. The van der Waals surface area contributed by atoms with Crippen molar-refractivity contribution in [2.75, 3.05) is 13.6 Å². The molecule has 0 bridgehead atoms. The van der Waals surface area contributed by atoms with E-state index < -0.39 is 0 Å². The zero-order chi connectivity index (χ0) is 9.97. The van der Waals surface area contributed by atoms with Gasteiger partial charge in [0.15, 0.2) is 5.78 Å². The van der Waals surface area contributed by atoms with Crippen LogP contribution in [-0.4, -0.2) is 24.4 Å². The first kappa shape index (κ1) is 12.6. The lowest BCUT2D eigenvalue weighted by Gasteiger charge is -2.06. The molecule has 1 heterocycles. The van der Waals surface area contributed by atoms with Crippen molar-refractivity contribution >= 4 is 29.5 Å². The predicted octanol–water partition coefficient (Wildman–Crippen LogP) is 1.85. The third kappa shape index (κ3) is 2.77. The van der Waals surface area contributed by atoms with Crippen molar-refractivity contribution in [3.05, 3.63) is 15.6 Å². The fourth-order valence-corrected chi connectivity index (χ4v) is 2.73. The molecule has 0 unspecified atom stereocenters. The van der Waals surface area contributed by atoms with Gasteiger partial charge < -0.3 is 5.32 Å². The van der Waals surface area contributed by atoms with E-state index >= 15 is 0 Å². The third-order valence-corrected chi connectivity index (χ3v) is 3.60. The predicted molar refractivity (Wildman–Crippen MR) is 64.3 cm³/mol. The molecule has 1 N–H and O–H groups in total. The second kappa shape index (κ2) is 5.58. The summed E-state index contributed by atoms with van der Waals surface area (Å²) >= 11 is 1.58. The van der Waals surface area contributed by atoms with Crippen LogP contribution < -0.4 is 5.32 Å². The molecule has 0 aliphatic heterocycles. The number of hydrogen-bond donors (Lipinski definition) is 1. The summed E-state index contributed by atoms with van der Waals surface area (Å²) in [7, 11) is 1.93. The number of fused-ring (bicyclic) bond motifs is 1. The molecule has 0 spiro atoms. The highest BCUT2D eigenvalue weighted by atomic mass is 35.5. The average molecular weight is 247 g/mol. The minimum Gasteiger partial charge on any atom is -0.319 e. The van der Waals surface area contributed by atoms with Crippen LogP contribution in [-0.2, 0) is 12.8 Å². The molecule has 84 valence electrons. The lowest BCUT2D eigenvalue weighted by molar-refractivity contribution is 0.0976. The molecular formula is C10H15ClN2OS. The van der Waals surface area contributed by atoms with E-state index in [1.54, 1.807) is 11.3 Å². The molecule has 0 saturated carbocycles. The number of aryl methyl sites for hydroxylation is 1. The molecule has 0 saturated heterocycles. The number of likely N-dealkylation sites (N-methyl/N-ethyl adjacent to an activating group) is 1. The SMILES string of the molecule is CNCCc1nc2c(s1)C(=O)CCC2.Cl. The van der Waals surface area contributed by atoms with Crippen LogP contribution in [0.15, 0.2) is 0 Å². The summed E-state index contributed by atoms with van der Waals surface area (Å²) in [6.45, 7) is 0.931. The first-order valence-corrected chi connectivity index (χ1v) is 5.79. The molecular weight excluding hydrogens is 232 g/mol. The zero-order valence-corrected chi connectivity index (χ0v) is 10.3. The van der Waals surface area contributed by atoms with E-state index in [4.69, 9.17) is 0 Å². The summed E-state index contributed by atoms with van der Waals surface area (Å²) in [6.07, 6.45) is 3.60. The Kier molecular flexibility index (Phi) is 4.70. The van der Waals surface area contributed by atoms with Crippen LogP contribution >= 0.6 is 23.7 Å². The second-order valence-electron chi connectivity index (χ2n) is 3.51. The number of halogens is 1. The van der Waals surface area contributed by atoms with Crippen LogP contribution in [0.25, 0.3) is 0 Å². The van der Waals surface area contributed by atoms with E-state index in [1.807, 2.05) is 7.05 Å². The van der Waals surface area contributed by atoms with Gasteiger partial charge in [0.1, 0.15) is 0 Å². The van der Waals surface area contributed by atoms with Gasteiger partial charge >= 0.3 is 0 Å². The second-order valence-corrected chi connectivity index (χ2v) is 4.60. The van der Waals surface area contributed by atoms with E-state index in [0.717, 1.165) is 41.4 Å². The lowest BCUT2D eigenvalue weighted by Crippen LogP contribution is -2.10. The van der Waals surface area contributed by atoms with Gasteiger partial charge in [-0.25, -0.2) is 4.98 Å². The van der Waals surface area contributed by atoms with Crippen molar-refractivity contribution in [1.29, 1.82) is 0 Å². The Morgan fingerprint density at radius 2 is 2.27 bits per heavy atom. The van der Waals surface area contributed by atoms with Crippen LogP contribution in [0.5, 0.6) is 0 Å². The molecule has 0 amide bonds. The first-order chi connectivity index (χ1) is 6.81. The molecule has 1 aromatic heterocycles. The number of nitrogens with one attached hydrogen (secondary N) is 1. The Labute approximate surface area is 99.7 Å². The maximum atomic E-state index is 11.5. The summed E-state index contributed by atoms with van der Waals surface area (Å²) in [5.74, 6) is 0.291. The molecule has 3 nitrogen and oxygen atoms in total. The summed E-state index contributed by atoms with van der Waals surface area (Å²) < 4.78 is 0. The van der Waals surface area contributed by atoms with Crippen molar-refractivity contribution < 1.29 is 4.79 Å². The van der Waals surface area contributed by atoms with E-state index in [-0.39, 0.29) is 12.4 Å². The van der Waals surface area contributed by atoms with Crippen LogP contribution in [0.3, 0.4) is 0 Å². The van der Waals surface area contributed by atoms with E-state index in [9.17, 15) is 4.79 Å².